The van der Waals surface area contributed by atoms with Gasteiger partial charge in [-0.3, -0.25) is 0 Å². The number of hydrogen-bond acceptors (Lipinski definition) is 6. The van der Waals surface area contributed by atoms with Crippen molar-refractivity contribution in [3.63, 3.8) is 0 Å². The third-order valence-electron chi connectivity index (χ3n) is 7.34. The van der Waals surface area contributed by atoms with E-state index < -0.39 is 33.0 Å². The number of aromatic nitrogens is 3. The van der Waals surface area contributed by atoms with Crippen molar-refractivity contribution in [2.24, 2.45) is 0 Å². The van der Waals surface area contributed by atoms with Gasteiger partial charge in [0.05, 0.1) is 17.8 Å². The van der Waals surface area contributed by atoms with E-state index in [0.29, 0.717) is 31.4 Å². The van der Waals surface area contributed by atoms with E-state index in [1.165, 1.54) is 17.0 Å². The summed E-state index contributed by atoms with van der Waals surface area (Å²) in [6.07, 6.45) is 3.85. The summed E-state index contributed by atoms with van der Waals surface area (Å²) in [6.45, 7) is 2.08. The Balaban J connectivity index is 1.35. The molecule has 3 heterocycles. The van der Waals surface area contributed by atoms with Crippen LogP contribution in [0.2, 0.25) is 0 Å². The Bertz CT molecular complexity index is 1310. The molecule has 3 aromatic rings. The minimum atomic E-state index is -3.77. The monoisotopic (exact) mass is 517 g/mol. The van der Waals surface area contributed by atoms with Crippen molar-refractivity contribution in [2.75, 3.05) is 18.0 Å². The van der Waals surface area contributed by atoms with Crippen molar-refractivity contribution in [3.8, 4) is 0 Å². The van der Waals surface area contributed by atoms with Gasteiger partial charge < -0.3 is 14.6 Å². The molecule has 8 nitrogen and oxygen atoms in total. The predicted octanol–water partition coefficient (Wildman–Crippen LogP) is 3.42. The van der Waals surface area contributed by atoms with Crippen molar-refractivity contribution in [1.82, 2.24) is 19.1 Å². The minimum Gasteiger partial charge on any atom is -0.389 e. The molecule has 0 radical (unpaired) electrons. The van der Waals surface area contributed by atoms with E-state index in [9.17, 15) is 13.5 Å². The van der Waals surface area contributed by atoms with Crippen LogP contribution in [0.5, 0.6) is 0 Å². The second-order valence-electron chi connectivity index (χ2n) is 9.59. The number of piperidine rings is 1. The minimum absolute atomic E-state index is 0.0136. The Morgan fingerprint density at radius 2 is 1.75 bits per heavy atom. The fraction of sp³-hybridized carbons (Fsp3) is 0.440. The molecule has 36 heavy (non-hydrogen) atoms. The zero-order valence-corrected chi connectivity index (χ0v) is 20.7. The first kappa shape index (κ1) is 24.8. The summed E-state index contributed by atoms with van der Waals surface area (Å²) in [7, 11) is -3.77. The van der Waals surface area contributed by atoms with Crippen LogP contribution in [0.25, 0.3) is 0 Å². The first-order valence-corrected chi connectivity index (χ1v) is 13.6. The Morgan fingerprint density at radius 3 is 2.44 bits per heavy atom. The summed E-state index contributed by atoms with van der Waals surface area (Å²) >= 11 is 0. The van der Waals surface area contributed by atoms with Crippen LogP contribution in [-0.2, 0) is 16.6 Å². The first-order valence-electron chi connectivity index (χ1n) is 12.1. The maximum absolute atomic E-state index is 15.2. The maximum Gasteiger partial charge on any atom is 0.221 e. The average molecular weight is 518 g/mol. The van der Waals surface area contributed by atoms with Gasteiger partial charge in [0, 0.05) is 37.3 Å². The predicted molar refractivity (Wildman–Crippen MR) is 131 cm³/mol. The molecule has 192 valence electrons. The lowest BCUT2D eigenvalue weighted by molar-refractivity contribution is 0.0976. The lowest BCUT2D eigenvalue weighted by atomic mass is 10.0. The van der Waals surface area contributed by atoms with E-state index in [1.807, 2.05) is 6.07 Å². The van der Waals surface area contributed by atoms with Crippen LogP contribution in [-0.4, -0.2) is 57.8 Å². The summed E-state index contributed by atoms with van der Waals surface area (Å²) in [6, 6.07) is 10.6. The van der Waals surface area contributed by atoms with E-state index in [4.69, 9.17) is 0 Å². The highest BCUT2D eigenvalue weighted by Gasteiger charge is 2.41. The number of nitrogens with zero attached hydrogens (tertiary/aromatic N) is 5. The molecule has 0 saturated carbocycles. The largest absolute Gasteiger partial charge is 0.389 e. The molecule has 2 saturated heterocycles. The molecule has 1 N–H and O–H groups in total. The van der Waals surface area contributed by atoms with Crippen LogP contribution < -0.4 is 4.90 Å². The maximum atomic E-state index is 15.2. The van der Waals surface area contributed by atoms with E-state index in [-0.39, 0.29) is 36.4 Å². The topological polar surface area (TPSA) is 91.6 Å². The highest BCUT2D eigenvalue weighted by molar-refractivity contribution is 7.89. The number of benzene rings is 2. The molecule has 2 aliphatic rings. The highest BCUT2D eigenvalue weighted by atomic mass is 32.2. The van der Waals surface area contributed by atoms with Gasteiger partial charge in [0.15, 0.2) is 0 Å². The lowest BCUT2D eigenvalue weighted by Gasteiger charge is -2.38. The summed E-state index contributed by atoms with van der Waals surface area (Å²) in [5.74, 6) is -1.32. The first-order chi connectivity index (χ1) is 17.3. The van der Waals surface area contributed by atoms with Crippen LogP contribution >= 0.6 is 0 Å². The molecule has 11 heteroatoms. The van der Waals surface area contributed by atoms with Gasteiger partial charge in [0.1, 0.15) is 29.5 Å². The molecule has 0 amide bonds. The van der Waals surface area contributed by atoms with Gasteiger partial charge in [-0.25, -0.2) is 17.2 Å². The van der Waals surface area contributed by atoms with Crippen molar-refractivity contribution in [1.29, 1.82) is 0 Å². The van der Waals surface area contributed by atoms with Gasteiger partial charge in [0.25, 0.3) is 0 Å². The van der Waals surface area contributed by atoms with E-state index in [0.717, 1.165) is 12.1 Å². The number of rotatable bonds is 5. The molecule has 0 bridgehead atoms. The Hall–Kier alpha value is -2.89. The lowest BCUT2D eigenvalue weighted by Crippen LogP contribution is -2.45. The Labute approximate surface area is 209 Å². The van der Waals surface area contributed by atoms with Crippen molar-refractivity contribution < 1.29 is 22.3 Å². The normalized spacial score (nSPS) is 26.7. The highest BCUT2D eigenvalue weighted by Crippen LogP contribution is 2.39. The van der Waals surface area contributed by atoms with Crippen LogP contribution in [0.3, 0.4) is 0 Å². The quantitative estimate of drug-likeness (QED) is 0.558. The molecule has 4 atom stereocenters. The molecule has 0 spiro atoms. The van der Waals surface area contributed by atoms with Crippen molar-refractivity contribution in [3.05, 3.63) is 77.9 Å². The molecular formula is C25H29F2N5O3S. The Kier molecular flexibility index (Phi) is 6.80. The Morgan fingerprint density at radius 1 is 1.03 bits per heavy atom. The summed E-state index contributed by atoms with van der Waals surface area (Å²) in [5.41, 5.74) is 0.736. The SMILES string of the molecule is C[C@H]1CC[C@H](c2ccccc2)S(=O)(=O)N1Cc1cc(F)c(N2CC[C@H](n3cnnc3)[C@@H](O)C2)cc1F. The molecule has 1 aromatic heterocycles. The summed E-state index contributed by atoms with van der Waals surface area (Å²) in [4.78, 5) is 1.61. The zero-order chi connectivity index (χ0) is 25.4. The second-order valence-corrected chi connectivity index (χ2v) is 11.7. The molecule has 5 rings (SSSR count). The molecule has 2 fully saturated rings. The smallest absolute Gasteiger partial charge is 0.221 e. The molecule has 0 unspecified atom stereocenters. The molecule has 0 aliphatic carbocycles. The fourth-order valence-corrected chi connectivity index (χ4v) is 7.51. The summed E-state index contributed by atoms with van der Waals surface area (Å²) in [5, 5.41) is 17.4. The van der Waals surface area contributed by atoms with Crippen LogP contribution in [0.1, 0.15) is 48.6 Å². The third-order valence-corrected chi connectivity index (χ3v) is 9.71. The second kappa shape index (κ2) is 9.87. The van der Waals surface area contributed by atoms with Gasteiger partial charge in [-0.05, 0) is 37.8 Å². The average Bonchev–Trinajstić information content (AvgIpc) is 3.38. The van der Waals surface area contributed by atoms with Gasteiger partial charge >= 0.3 is 0 Å². The standard InChI is InChI=1S/C25H29F2N5O3S/c1-17-7-8-25(18-5-3-2-4-6-18)36(34,35)32(17)13-19-11-21(27)23(12-20(19)26)30-10-9-22(24(33)14-30)31-15-28-29-16-31/h2-6,11-12,15-17,22,24-25,33H,7-10,13-14H2,1H3/t17-,22-,24-,25+/m0/s1. The number of β-amino-alcohol motifs (C(OH)–C–C–N with tert-alkyl or cyclic N) is 1. The van der Waals surface area contributed by atoms with Crippen LogP contribution in [0.15, 0.2) is 55.1 Å². The molecular weight excluding hydrogens is 488 g/mol. The van der Waals surface area contributed by atoms with Gasteiger partial charge in [-0.1, -0.05) is 30.3 Å². The summed E-state index contributed by atoms with van der Waals surface area (Å²) < 4.78 is 60.4. The third kappa shape index (κ3) is 4.62. The number of sulfonamides is 1. The van der Waals surface area contributed by atoms with E-state index in [1.54, 1.807) is 40.7 Å². The number of aliphatic hydroxyl groups excluding tert-OH is 1. The number of halogens is 2. The van der Waals surface area contributed by atoms with Crippen LogP contribution in [0, 0.1) is 11.6 Å². The van der Waals surface area contributed by atoms with Crippen molar-refractivity contribution in [2.45, 2.75) is 56.2 Å². The zero-order valence-electron chi connectivity index (χ0n) is 19.9. The fourth-order valence-electron chi connectivity index (χ4n) is 5.33. The van der Waals surface area contributed by atoms with Gasteiger partial charge in [-0.15, -0.1) is 10.2 Å². The molecule has 2 aromatic carbocycles. The number of anilines is 1. The van der Waals surface area contributed by atoms with Crippen LogP contribution in [0.4, 0.5) is 14.5 Å². The van der Waals surface area contributed by atoms with Gasteiger partial charge in [0.2, 0.25) is 10.0 Å². The van der Waals surface area contributed by atoms with E-state index >= 15 is 8.78 Å². The van der Waals surface area contributed by atoms with E-state index in [2.05, 4.69) is 10.2 Å². The number of hydrogen-bond donors (Lipinski definition) is 1. The number of aliphatic hydroxyl groups is 1. The molecule has 2 aliphatic heterocycles. The van der Waals surface area contributed by atoms with Gasteiger partial charge in [-0.2, -0.15) is 4.31 Å². The van der Waals surface area contributed by atoms with Crippen molar-refractivity contribution >= 4 is 15.7 Å².